The lowest BCUT2D eigenvalue weighted by atomic mass is 9.95. The number of anilines is 1. The lowest BCUT2D eigenvalue weighted by molar-refractivity contribution is -0.111. The molecular weight excluding hydrogens is 366 g/mol. The van der Waals surface area contributed by atoms with Crippen molar-refractivity contribution in [3.63, 3.8) is 0 Å². The molecule has 0 aliphatic heterocycles. The second kappa shape index (κ2) is 8.26. The Morgan fingerprint density at radius 3 is 2.59 bits per heavy atom. The van der Waals surface area contributed by atoms with Crippen LogP contribution in [-0.4, -0.2) is 31.2 Å². The summed E-state index contributed by atoms with van der Waals surface area (Å²) in [7, 11) is 3.10. The van der Waals surface area contributed by atoms with Gasteiger partial charge in [0.1, 0.15) is 5.00 Å². The van der Waals surface area contributed by atoms with Crippen LogP contribution in [0.5, 0.6) is 11.5 Å². The fourth-order valence-corrected chi connectivity index (χ4v) is 4.45. The lowest BCUT2D eigenvalue weighted by Crippen LogP contribution is -2.11. The Morgan fingerprint density at radius 2 is 1.89 bits per heavy atom. The molecule has 0 fully saturated rings. The smallest absolute Gasteiger partial charge is 0.339 e. The zero-order chi connectivity index (χ0) is 19.4. The molecule has 6 nitrogen and oxygen atoms in total. The summed E-state index contributed by atoms with van der Waals surface area (Å²) in [5.41, 5.74) is 1.88. The van der Waals surface area contributed by atoms with Gasteiger partial charge >= 0.3 is 5.97 Å². The molecule has 27 heavy (non-hydrogen) atoms. The number of methoxy groups -OCH3 is 2. The van der Waals surface area contributed by atoms with Crippen molar-refractivity contribution in [3.05, 3.63) is 45.8 Å². The highest BCUT2D eigenvalue weighted by atomic mass is 32.1. The van der Waals surface area contributed by atoms with Crippen LogP contribution < -0.4 is 14.8 Å². The molecule has 0 bridgehead atoms. The molecule has 1 aromatic heterocycles. The van der Waals surface area contributed by atoms with Crippen LogP contribution in [0.15, 0.2) is 24.3 Å². The first kappa shape index (κ1) is 19.0. The van der Waals surface area contributed by atoms with Crippen molar-refractivity contribution in [1.29, 1.82) is 0 Å². The van der Waals surface area contributed by atoms with Crippen molar-refractivity contribution in [2.24, 2.45) is 0 Å². The van der Waals surface area contributed by atoms with E-state index >= 15 is 0 Å². The standard InChI is InChI=1S/C20H21NO5S/c1-25-14-9-7-12(11-15(14)26-2)8-10-17(22)21-19-18(20(23)24)13-5-3-4-6-16(13)27-19/h7-11H,3-6H2,1-2H3,(H,21,22)(H,23,24). The zero-order valence-electron chi connectivity index (χ0n) is 15.2. The van der Waals surface area contributed by atoms with Crippen LogP contribution >= 0.6 is 11.3 Å². The molecule has 0 radical (unpaired) electrons. The molecule has 1 amide bonds. The molecule has 7 heteroatoms. The van der Waals surface area contributed by atoms with E-state index in [9.17, 15) is 14.7 Å². The van der Waals surface area contributed by atoms with Gasteiger partial charge in [-0.25, -0.2) is 4.79 Å². The summed E-state index contributed by atoms with van der Waals surface area (Å²) in [5, 5.41) is 12.7. The van der Waals surface area contributed by atoms with Crippen molar-refractivity contribution < 1.29 is 24.2 Å². The number of ether oxygens (including phenoxy) is 2. The topological polar surface area (TPSA) is 84.9 Å². The number of nitrogens with one attached hydrogen (secondary N) is 1. The first-order chi connectivity index (χ1) is 13.0. The fraction of sp³-hybridized carbons (Fsp3) is 0.300. The molecule has 0 atom stereocenters. The van der Waals surface area contributed by atoms with Gasteiger partial charge in [-0.3, -0.25) is 4.79 Å². The van der Waals surface area contributed by atoms with Gasteiger partial charge in [0, 0.05) is 11.0 Å². The highest BCUT2D eigenvalue weighted by molar-refractivity contribution is 7.17. The summed E-state index contributed by atoms with van der Waals surface area (Å²) in [6.45, 7) is 0. The summed E-state index contributed by atoms with van der Waals surface area (Å²) >= 11 is 1.37. The minimum atomic E-state index is -0.992. The van der Waals surface area contributed by atoms with E-state index in [1.807, 2.05) is 0 Å². The minimum absolute atomic E-state index is 0.238. The molecule has 0 saturated carbocycles. The predicted octanol–water partition coefficient (Wildman–Crippen LogP) is 3.99. The number of carboxylic acids is 1. The van der Waals surface area contributed by atoms with Crippen molar-refractivity contribution >= 4 is 34.3 Å². The summed E-state index contributed by atoms with van der Waals surface area (Å²) < 4.78 is 10.4. The maximum Gasteiger partial charge on any atom is 0.339 e. The quantitative estimate of drug-likeness (QED) is 0.732. The van der Waals surface area contributed by atoms with E-state index in [4.69, 9.17) is 9.47 Å². The van der Waals surface area contributed by atoms with Crippen LogP contribution in [0.3, 0.4) is 0 Å². The van der Waals surface area contributed by atoms with Gasteiger partial charge in [-0.1, -0.05) is 6.07 Å². The minimum Gasteiger partial charge on any atom is -0.493 e. The van der Waals surface area contributed by atoms with Crippen LogP contribution in [0, 0.1) is 0 Å². The molecule has 1 aliphatic rings. The summed E-state index contributed by atoms with van der Waals surface area (Å²) in [4.78, 5) is 25.0. The van der Waals surface area contributed by atoms with Crippen molar-refractivity contribution in [1.82, 2.24) is 0 Å². The van der Waals surface area contributed by atoms with E-state index < -0.39 is 5.97 Å². The SMILES string of the molecule is COc1ccc(C=CC(=O)Nc2sc3c(c2C(=O)O)CCCC3)cc1OC. The number of fused-ring (bicyclic) bond motifs is 1. The zero-order valence-corrected chi connectivity index (χ0v) is 16.0. The highest BCUT2D eigenvalue weighted by Crippen LogP contribution is 2.38. The first-order valence-corrected chi connectivity index (χ1v) is 9.44. The third kappa shape index (κ3) is 4.14. The van der Waals surface area contributed by atoms with E-state index in [0.717, 1.165) is 41.7 Å². The van der Waals surface area contributed by atoms with Crippen LogP contribution in [0.25, 0.3) is 6.08 Å². The molecule has 2 N–H and O–H groups in total. The van der Waals surface area contributed by atoms with Gasteiger partial charge in [0.2, 0.25) is 5.91 Å². The van der Waals surface area contributed by atoms with Gasteiger partial charge in [-0.2, -0.15) is 0 Å². The molecule has 1 aliphatic carbocycles. The van der Waals surface area contributed by atoms with Gasteiger partial charge in [0.15, 0.2) is 11.5 Å². The summed E-state index contributed by atoms with van der Waals surface area (Å²) in [6.07, 6.45) is 6.69. The molecule has 1 heterocycles. The number of amides is 1. The number of hydrogen-bond donors (Lipinski definition) is 2. The Kier molecular flexibility index (Phi) is 5.81. The van der Waals surface area contributed by atoms with Crippen molar-refractivity contribution in [2.75, 3.05) is 19.5 Å². The third-order valence-electron chi connectivity index (χ3n) is 4.46. The maximum absolute atomic E-state index is 12.3. The van der Waals surface area contributed by atoms with Crippen LogP contribution in [-0.2, 0) is 17.6 Å². The van der Waals surface area contributed by atoms with Gasteiger partial charge in [0.25, 0.3) is 0 Å². The Bertz CT molecular complexity index is 900. The van der Waals surface area contributed by atoms with Gasteiger partial charge in [0.05, 0.1) is 19.8 Å². The molecule has 1 aromatic carbocycles. The molecule has 0 saturated heterocycles. The van der Waals surface area contributed by atoms with Gasteiger partial charge in [-0.05, 0) is 55.0 Å². The Hall–Kier alpha value is -2.80. The average Bonchev–Trinajstić information content (AvgIpc) is 3.03. The normalized spacial score (nSPS) is 13.3. The molecule has 0 spiro atoms. The first-order valence-electron chi connectivity index (χ1n) is 8.62. The summed E-state index contributed by atoms with van der Waals surface area (Å²) in [6, 6.07) is 5.32. The number of aromatic carboxylic acids is 1. The van der Waals surface area contributed by atoms with Gasteiger partial charge < -0.3 is 19.9 Å². The fourth-order valence-electron chi connectivity index (χ4n) is 3.16. The van der Waals surface area contributed by atoms with Crippen molar-refractivity contribution in [3.8, 4) is 11.5 Å². The van der Waals surface area contributed by atoms with Crippen LogP contribution in [0.1, 0.15) is 39.2 Å². The number of benzene rings is 1. The van der Waals surface area contributed by atoms with Gasteiger partial charge in [-0.15, -0.1) is 11.3 Å². The largest absolute Gasteiger partial charge is 0.493 e. The number of rotatable bonds is 6. The molecule has 2 aromatic rings. The number of carbonyl (C=O) groups excluding carboxylic acids is 1. The molecule has 0 unspecified atom stereocenters. The maximum atomic E-state index is 12.3. The van der Waals surface area contributed by atoms with E-state index in [1.165, 1.54) is 17.4 Å². The van der Waals surface area contributed by atoms with E-state index in [2.05, 4.69) is 5.32 Å². The highest BCUT2D eigenvalue weighted by Gasteiger charge is 2.25. The number of carbonyl (C=O) groups is 2. The number of aryl methyl sites for hydroxylation is 1. The molecule has 142 valence electrons. The van der Waals surface area contributed by atoms with E-state index in [0.29, 0.717) is 16.5 Å². The van der Waals surface area contributed by atoms with Crippen LogP contribution in [0.4, 0.5) is 5.00 Å². The van der Waals surface area contributed by atoms with Crippen LogP contribution in [0.2, 0.25) is 0 Å². The predicted molar refractivity (Wildman–Crippen MR) is 105 cm³/mol. The third-order valence-corrected chi connectivity index (χ3v) is 5.66. The second-order valence-electron chi connectivity index (χ2n) is 6.16. The average molecular weight is 387 g/mol. The Morgan fingerprint density at radius 1 is 1.15 bits per heavy atom. The Balaban J connectivity index is 1.77. The van der Waals surface area contributed by atoms with Crippen molar-refractivity contribution in [2.45, 2.75) is 25.7 Å². The Labute approximate surface area is 161 Å². The second-order valence-corrected chi connectivity index (χ2v) is 7.26. The monoisotopic (exact) mass is 387 g/mol. The number of hydrogen-bond acceptors (Lipinski definition) is 5. The lowest BCUT2D eigenvalue weighted by Gasteiger charge is -2.10. The molecular formula is C20H21NO5S. The molecule has 3 rings (SSSR count). The number of thiophene rings is 1. The summed E-state index contributed by atoms with van der Waals surface area (Å²) in [5.74, 6) is -0.187. The number of carboxylic acid groups (broad SMARTS) is 1. The van der Waals surface area contributed by atoms with E-state index in [1.54, 1.807) is 38.5 Å². The van der Waals surface area contributed by atoms with E-state index in [-0.39, 0.29) is 11.5 Å².